The predicted octanol–water partition coefficient (Wildman–Crippen LogP) is 3.36. The molecule has 1 aromatic carbocycles. The minimum atomic E-state index is 0.298. The Hall–Kier alpha value is -0.830. The molecule has 0 aromatic heterocycles. The number of fused-ring (bicyclic) bond motifs is 5. The van der Waals surface area contributed by atoms with Gasteiger partial charge in [-0.25, -0.2) is 0 Å². The second-order valence-corrected chi connectivity index (χ2v) is 7.28. The predicted molar refractivity (Wildman–Crippen MR) is 77.3 cm³/mol. The molecular formula is C16H18BrNO. The van der Waals surface area contributed by atoms with E-state index in [1.54, 1.807) is 0 Å². The SMILES string of the molecule is O=C(NCc1cccc(Br)c1)C1C2C3CCC(C3)C12. The highest BCUT2D eigenvalue weighted by molar-refractivity contribution is 9.10. The first-order valence-electron chi connectivity index (χ1n) is 7.26. The Balaban J connectivity index is 1.36. The van der Waals surface area contributed by atoms with Gasteiger partial charge in [0.25, 0.3) is 0 Å². The van der Waals surface area contributed by atoms with E-state index in [0.29, 0.717) is 18.4 Å². The lowest BCUT2D eigenvalue weighted by Gasteiger charge is -2.09. The topological polar surface area (TPSA) is 29.1 Å². The summed E-state index contributed by atoms with van der Waals surface area (Å²) in [5.74, 6) is 3.86. The number of halogens is 1. The Bertz CT molecular complexity index is 513. The van der Waals surface area contributed by atoms with Crippen molar-refractivity contribution >= 4 is 21.8 Å². The molecule has 4 unspecified atom stereocenters. The maximum absolute atomic E-state index is 12.3. The van der Waals surface area contributed by atoms with Crippen molar-refractivity contribution < 1.29 is 4.79 Å². The lowest BCUT2D eigenvalue weighted by Crippen LogP contribution is -2.27. The van der Waals surface area contributed by atoms with Crippen LogP contribution in [0.5, 0.6) is 0 Å². The normalized spacial score (nSPS) is 38.1. The fraction of sp³-hybridized carbons (Fsp3) is 0.562. The number of amides is 1. The molecule has 0 radical (unpaired) electrons. The number of carbonyl (C=O) groups is 1. The van der Waals surface area contributed by atoms with Crippen molar-refractivity contribution in [3.05, 3.63) is 34.3 Å². The molecular weight excluding hydrogens is 302 g/mol. The molecule has 0 spiro atoms. The molecule has 3 heteroatoms. The van der Waals surface area contributed by atoms with Gasteiger partial charge in [0.1, 0.15) is 0 Å². The van der Waals surface area contributed by atoms with Gasteiger partial charge in [0.2, 0.25) is 5.91 Å². The second kappa shape index (κ2) is 4.34. The number of hydrogen-bond donors (Lipinski definition) is 1. The minimum Gasteiger partial charge on any atom is -0.352 e. The zero-order valence-corrected chi connectivity index (χ0v) is 12.4. The monoisotopic (exact) mass is 319 g/mol. The summed E-state index contributed by atoms with van der Waals surface area (Å²) in [4.78, 5) is 12.3. The van der Waals surface area contributed by atoms with Crippen LogP contribution in [0.4, 0.5) is 0 Å². The summed E-state index contributed by atoms with van der Waals surface area (Å²) in [7, 11) is 0. The molecule has 2 nitrogen and oxygen atoms in total. The van der Waals surface area contributed by atoms with Gasteiger partial charge in [0.05, 0.1) is 0 Å². The van der Waals surface area contributed by atoms with E-state index in [9.17, 15) is 4.79 Å². The summed E-state index contributed by atoms with van der Waals surface area (Å²) < 4.78 is 1.07. The molecule has 3 aliphatic carbocycles. The summed E-state index contributed by atoms with van der Waals surface area (Å²) in [6.45, 7) is 0.656. The zero-order valence-electron chi connectivity index (χ0n) is 10.8. The van der Waals surface area contributed by atoms with Crippen molar-refractivity contribution in [2.45, 2.75) is 25.8 Å². The van der Waals surface area contributed by atoms with Crippen LogP contribution in [0.1, 0.15) is 24.8 Å². The van der Waals surface area contributed by atoms with Crippen LogP contribution >= 0.6 is 15.9 Å². The van der Waals surface area contributed by atoms with Crippen molar-refractivity contribution in [1.29, 1.82) is 0 Å². The summed E-state index contributed by atoms with van der Waals surface area (Å²) in [6.07, 6.45) is 4.16. The summed E-state index contributed by atoms with van der Waals surface area (Å²) in [6, 6.07) is 8.14. The molecule has 100 valence electrons. The van der Waals surface area contributed by atoms with Crippen LogP contribution in [-0.2, 0) is 11.3 Å². The van der Waals surface area contributed by atoms with Gasteiger partial charge in [-0.1, -0.05) is 28.1 Å². The Morgan fingerprint density at radius 2 is 2.00 bits per heavy atom. The molecule has 1 amide bonds. The van der Waals surface area contributed by atoms with Crippen LogP contribution in [0.25, 0.3) is 0 Å². The third-order valence-electron chi connectivity index (χ3n) is 5.39. The quantitative estimate of drug-likeness (QED) is 0.909. The highest BCUT2D eigenvalue weighted by Gasteiger charge is 2.67. The second-order valence-electron chi connectivity index (χ2n) is 6.36. The number of benzene rings is 1. The highest BCUT2D eigenvalue weighted by atomic mass is 79.9. The smallest absolute Gasteiger partial charge is 0.223 e. The number of carbonyl (C=O) groups excluding carboxylic acids is 1. The van der Waals surface area contributed by atoms with Gasteiger partial charge >= 0.3 is 0 Å². The van der Waals surface area contributed by atoms with Crippen LogP contribution in [0, 0.1) is 29.6 Å². The molecule has 1 aromatic rings. The van der Waals surface area contributed by atoms with Crippen molar-refractivity contribution in [3.63, 3.8) is 0 Å². The summed E-state index contributed by atoms with van der Waals surface area (Å²) in [5.41, 5.74) is 1.16. The fourth-order valence-corrected chi connectivity index (χ4v) is 5.08. The zero-order chi connectivity index (χ0) is 13.0. The number of hydrogen-bond acceptors (Lipinski definition) is 1. The maximum Gasteiger partial charge on any atom is 0.223 e. The third-order valence-corrected chi connectivity index (χ3v) is 5.89. The van der Waals surface area contributed by atoms with E-state index >= 15 is 0 Å². The standard InChI is InChI=1S/C16H18BrNO/c17-12-3-1-2-9(6-12)8-18-16(19)15-13-10-4-5-11(7-10)14(13)15/h1-3,6,10-11,13-15H,4-5,7-8H2,(H,18,19). The Labute approximate surface area is 122 Å². The molecule has 0 saturated heterocycles. The van der Waals surface area contributed by atoms with Crippen molar-refractivity contribution in [1.82, 2.24) is 5.32 Å². The van der Waals surface area contributed by atoms with Crippen LogP contribution < -0.4 is 5.32 Å². The molecule has 2 bridgehead atoms. The molecule has 3 fully saturated rings. The van der Waals surface area contributed by atoms with Crippen LogP contribution in [0.3, 0.4) is 0 Å². The average Bonchev–Trinajstić information content (AvgIpc) is 2.85. The molecule has 4 rings (SSSR count). The first-order chi connectivity index (χ1) is 9.24. The largest absolute Gasteiger partial charge is 0.352 e. The van der Waals surface area contributed by atoms with E-state index in [1.807, 2.05) is 12.1 Å². The summed E-state index contributed by atoms with van der Waals surface area (Å²) >= 11 is 3.46. The van der Waals surface area contributed by atoms with E-state index < -0.39 is 0 Å². The van der Waals surface area contributed by atoms with Crippen LogP contribution in [0.15, 0.2) is 28.7 Å². The first-order valence-corrected chi connectivity index (χ1v) is 8.05. The highest BCUT2D eigenvalue weighted by Crippen LogP contribution is 2.69. The maximum atomic E-state index is 12.3. The van der Waals surface area contributed by atoms with Gasteiger partial charge in [-0.15, -0.1) is 0 Å². The Morgan fingerprint density at radius 1 is 1.26 bits per heavy atom. The Kier molecular flexibility index (Phi) is 2.73. The summed E-state index contributed by atoms with van der Waals surface area (Å²) in [5, 5.41) is 3.13. The van der Waals surface area contributed by atoms with Gasteiger partial charge < -0.3 is 5.32 Å². The van der Waals surface area contributed by atoms with E-state index in [2.05, 4.69) is 33.4 Å². The number of rotatable bonds is 3. The lowest BCUT2D eigenvalue weighted by molar-refractivity contribution is -0.123. The molecule has 19 heavy (non-hydrogen) atoms. The first kappa shape index (κ1) is 12.0. The van der Waals surface area contributed by atoms with Gasteiger partial charge in [-0.3, -0.25) is 4.79 Å². The van der Waals surface area contributed by atoms with Crippen LogP contribution in [0.2, 0.25) is 0 Å². The van der Waals surface area contributed by atoms with Crippen molar-refractivity contribution in [2.75, 3.05) is 0 Å². The van der Waals surface area contributed by atoms with E-state index in [4.69, 9.17) is 0 Å². The van der Waals surface area contributed by atoms with E-state index in [-0.39, 0.29) is 0 Å². The van der Waals surface area contributed by atoms with E-state index in [0.717, 1.165) is 33.7 Å². The molecule has 0 heterocycles. The lowest BCUT2D eigenvalue weighted by atomic mass is 10.0. The van der Waals surface area contributed by atoms with Gasteiger partial charge in [0.15, 0.2) is 0 Å². The third kappa shape index (κ3) is 1.94. The van der Waals surface area contributed by atoms with Crippen molar-refractivity contribution in [2.24, 2.45) is 29.6 Å². The number of nitrogens with one attached hydrogen (secondary N) is 1. The van der Waals surface area contributed by atoms with Crippen LogP contribution in [-0.4, -0.2) is 5.91 Å². The molecule has 1 N–H and O–H groups in total. The molecule has 3 aliphatic rings. The van der Waals surface area contributed by atoms with Gasteiger partial charge in [-0.05, 0) is 60.6 Å². The fourth-order valence-electron chi connectivity index (χ4n) is 4.63. The molecule has 4 atom stereocenters. The average molecular weight is 320 g/mol. The van der Waals surface area contributed by atoms with Gasteiger partial charge in [0, 0.05) is 16.9 Å². The van der Waals surface area contributed by atoms with E-state index in [1.165, 1.54) is 19.3 Å². The molecule has 3 saturated carbocycles. The van der Waals surface area contributed by atoms with Gasteiger partial charge in [-0.2, -0.15) is 0 Å². The minimum absolute atomic E-state index is 0.298. The Morgan fingerprint density at radius 3 is 2.68 bits per heavy atom. The molecule has 0 aliphatic heterocycles. The van der Waals surface area contributed by atoms with Crippen molar-refractivity contribution in [3.8, 4) is 0 Å².